The molecule has 0 unspecified atom stereocenters. The van der Waals surface area contributed by atoms with Gasteiger partial charge in [-0.2, -0.15) is 13.7 Å². The zero-order valence-electron chi connectivity index (χ0n) is 3.94. The van der Waals surface area contributed by atoms with Crippen molar-refractivity contribution in [1.82, 2.24) is 0 Å². The Balaban J connectivity index is 4.14. The number of rotatable bonds is 2. The second-order valence-electron chi connectivity index (χ2n) is 1.07. The zero-order chi connectivity index (χ0) is 7.49. The van der Waals surface area contributed by atoms with Gasteiger partial charge < -0.3 is 0 Å². The molecule has 0 aromatic heterocycles. The maximum atomic E-state index is 11.6. The molecule has 0 saturated carbocycles. The molecule has 0 aliphatic carbocycles. The Kier molecular flexibility index (Phi) is 2.96. The fourth-order valence-electron chi connectivity index (χ4n) is 0.107. The van der Waals surface area contributed by atoms with Crippen molar-refractivity contribution in [3.63, 3.8) is 0 Å². The lowest BCUT2D eigenvalue weighted by molar-refractivity contribution is -0.402. The van der Waals surface area contributed by atoms with Crippen LogP contribution in [0.25, 0.3) is 0 Å². The van der Waals surface area contributed by atoms with Gasteiger partial charge >= 0.3 is 6.11 Å². The topological polar surface area (TPSA) is 29.5 Å². The van der Waals surface area contributed by atoms with Crippen LogP contribution in [0.15, 0.2) is 11.4 Å². The van der Waals surface area contributed by atoms with Crippen molar-refractivity contribution in [2.24, 2.45) is 0 Å². The Hall–Kier alpha value is -0.260. The maximum Gasteiger partial charge on any atom is 0.435 e. The molecule has 9 heavy (non-hydrogen) atoms. The number of halogens is 4. The molecule has 0 fully saturated rings. The molecule has 0 radical (unpaired) electrons. The van der Waals surface area contributed by atoms with Crippen LogP contribution in [0.2, 0.25) is 0 Å². The van der Waals surface area contributed by atoms with E-state index in [9.17, 15) is 13.2 Å². The normalized spacial score (nSPS) is 14.1. The van der Waals surface area contributed by atoms with Gasteiger partial charge in [-0.25, -0.2) is 9.65 Å². The van der Waals surface area contributed by atoms with Crippen molar-refractivity contribution >= 4 is 11.6 Å². The highest BCUT2D eigenvalue weighted by Crippen LogP contribution is 2.25. The van der Waals surface area contributed by atoms with E-state index >= 15 is 0 Å². The number of hydrogen-bond donors (Lipinski definition) is 1. The molecule has 6 heteroatoms. The summed E-state index contributed by atoms with van der Waals surface area (Å²) in [5.74, 6) is -2.05. The Morgan fingerprint density at radius 1 is 1.67 bits per heavy atom. The van der Waals surface area contributed by atoms with Crippen LogP contribution in [0.1, 0.15) is 0 Å². The maximum absolute atomic E-state index is 11.6. The minimum absolute atomic E-state index is 0.0315. The lowest BCUT2D eigenvalue weighted by Gasteiger charge is -2.06. The monoisotopic (exact) mass is 162 g/mol. The van der Waals surface area contributed by atoms with Gasteiger partial charge in [0.25, 0.3) is 0 Å². The molecule has 2 nitrogen and oxygen atoms in total. The molecule has 0 saturated heterocycles. The van der Waals surface area contributed by atoms with Gasteiger partial charge in [-0.1, -0.05) is 11.6 Å². The minimum atomic E-state index is -4.33. The van der Waals surface area contributed by atoms with Crippen molar-refractivity contribution in [3.8, 4) is 0 Å². The highest BCUT2D eigenvalue weighted by Gasteiger charge is 2.37. The van der Waals surface area contributed by atoms with Crippen LogP contribution in [0.4, 0.5) is 13.2 Å². The summed E-state index contributed by atoms with van der Waals surface area (Å²) in [4.78, 5) is 2.43. The van der Waals surface area contributed by atoms with E-state index in [4.69, 9.17) is 5.26 Å². The quantitative estimate of drug-likeness (QED) is 0.498. The number of hydrogen-bond acceptors (Lipinski definition) is 2. The van der Waals surface area contributed by atoms with Crippen molar-refractivity contribution in [2.75, 3.05) is 0 Å². The van der Waals surface area contributed by atoms with Crippen LogP contribution < -0.4 is 0 Å². The molecule has 0 amide bonds. The number of alkyl halides is 2. The molecular weight excluding hydrogens is 160 g/mol. The van der Waals surface area contributed by atoms with Gasteiger partial charge in [-0.15, -0.1) is 0 Å². The van der Waals surface area contributed by atoms with Crippen LogP contribution in [0.3, 0.4) is 0 Å². The van der Waals surface area contributed by atoms with E-state index in [0.29, 0.717) is 0 Å². The Bertz CT molecular complexity index is 124. The third kappa shape index (κ3) is 2.21. The van der Waals surface area contributed by atoms with E-state index in [-0.39, 0.29) is 5.54 Å². The molecule has 1 N–H and O–H groups in total. The summed E-state index contributed by atoms with van der Waals surface area (Å²) in [5, 5.41) is 7.31. The molecule has 0 rings (SSSR count). The Morgan fingerprint density at radius 2 is 2.11 bits per heavy atom. The smallest absolute Gasteiger partial charge is 0.246 e. The van der Waals surface area contributed by atoms with E-state index in [1.54, 1.807) is 0 Å². The first kappa shape index (κ1) is 8.74. The molecule has 0 aromatic rings. The highest BCUT2D eigenvalue weighted by atomic mass is 35.5. The average molecular weight is 162 g/mol. The van der Waals surface area contributed by atoms with E-state index in [1.165, 1.54) is 0 Å². The standard InChI is InChI=1S/C3H2ClF3O2/c4-1-2(5)3(6,7)9-8/h1,8H/b2-1-. The summed E-state index contributed by atoms with van der Waals surface area (Å²) in [6, 6.07) is 0. The van der Waals surface area contributed by atoms with Crippen LogP contribution in [-0.4, -0.2) is 11.4 Å². The average Bonchev–Trinajstić information content (AvgIpc) is 1.86. The third-order valence-electron chi connectivity index (χ3n) is 0.488. The molecule has 0 aliphatic rings. The third-order valence-corrected chi connectivity index (χ3v) is 0.680. The lowest BCUT2D eigenvalue weighted by atomic mass is 10.6. The first-order valence-electron chi connectivity index (χ1n) is 1.71. The summed E-state index contributed by atoms with van der Waals surface area (Å²) in [7, 11) is 0. The van der Waals surface area contributed by atoms with Crippen LogP contribution in [0, 0.1) is 0 Å². The fraction of sp³-hybridized carbons (Fsp3) is 0.333. The van der Waals surface area contributed by atoms with Crippen molar-refractivity contribution < 1.29 is 23.3 Å². The predicted molar refractivity (Wildman–Crippen MR) is 23.7 cm³/mol. The molecule has 0 bridgehead atoms. The molecule has 0 heterocycles. The first-order chi connectivity index (χ1) is 4.04. The highest BCUT2D eigenvalue weighted by molar-refractivity contribution is 6.25. The molecule has 0 atom stereocenters. The summed E-state index contributed by atoms with van der Waals surface area (Å²) in [5.41, 5.74) is -0.0315. The lowest BCUT2D eigenvalue weighted by Crippen LogP contribution is -2.19. The van der Waals surface area contributed by atoms with Gasteiger partial charge in [0.05, 0.1) is 0 Å². The Labute approximate surface area is 53.4 Å². The van der Waals surface area contributed by atoms with Gasteiger partial charge in [0.2, 0.25) is 5.83 Å². The summed E-state index contributed by atoms with van der Waals surface area (Å²) < 4.78 is 34.7. The molecule has 0 spiro atoms. The molecule has 0 aromatic carbocycles. The van der Waals surface area contributed by atoms with Crippen molar-refractivity contribution in [1.29, 1.82) is 0 Å². The van der Waals surface area contributed by atoms with Crippen LogP contribution >= 0.6 is 11.6 Å². The van der Waals surface area contributed by atoms with Crippen molar-refractivity contribution in [3.05, 3.63) is 11.4 Å². The minimum Gasteiger partial charge on any atom is -0.246 e. The van der Waals surface area contributed by atoms with Gasteiger partial charge in [-0.3, -0.25) is 0 Å². The van der Waals surface area contributed by atoms with Gasteiger partial charge in [0.15, 0.2) is 0 Å². The molecule has 0 aliphatic heterocycles. The predicted octanol–water partition coefficient (Wildman–Crippen LogP) is 2.12. The first-order valence-corrected chi connectivity index (χ1v) is 2.15. The van der Waals surface area contributed by atoms with Crippen LogP contribution in [-0.2, 0) is 4.89 Å². The van der Waals surface area contributed by atoms with E-state index in [1.807, 2.05) is 0 Å². The van der Waals surface area contributed by atoms with E-state index < -0.39 is 11.9 Å². The summed E-state index contributed by atoms with van der Waals surface area (Å²) >= 11 is 4.51. The van der Waals surface area contributed by atoms with E-state index in [0.717, 1.165) is 0 Å². The second-order valence-corrected chi connectivity index (χ2v) is 1.28. The SMILES string of the molecule is OOC(F)(F)/C(F)=C/Cl. The summed E-state index contributed by atoms with van der Waals surface area (Å²) in [6.45, 7) is 0. The van der Waals surface area contributed by atoms with E-state index in [2.05, 4.69) is 16.5 Å². The molecule has 54 valence electrons. The van der Waals surface area contributed by atoms with Gasteiger partial charge in [0.1, 0.15) is 0 Å². The second kappa shape index (κ2) is 3.05. The largest absolute Gasteiger partial charge is 0.435 e. The van der Waals surface area contributed by atoms with Crippen molar-refractivity contribution in [2.45, 2.75) is 6.11 Å². The zero-order valence-corrected chi connectivity index (χ0v) is 4.70. The fourth-order valence-corrected chi connectivity index (χ4v) is 0.234. The summed E-state index contributed by atoms with van der Waals surface area (Å²) in [6.07, 6.45) is -4.33. The van der Waals surface area contributed by atoms with Gasteiger partial charge in [-0.05, 0) is 0 Å². The Morgan fingerprint density at radius 3 is 2.22 bits per heavy atom. The van der Waals surface area contributed by atoms with Crippen LogP contribution in [0.5, 0.6) is 0 Å². The van der Waals surface area contributed by atoms with Gasteiger partial charge in [0, 0.05) is 5.54 Å². The molecular formula is C3H2ClF3O2.